The first-order chi connectivity index (χ1) is 9.24. The Hall–Kier alpha value is -2.30. The summed E-state index contributed by atoms with van der Waals surface area (Å²) < 4.78 is 1.70. The number of nitrogens with one attached hydrogen (secondary N) is 1. The van der Waals surface area contributed by atoms with Crippen molar-refractivity contribution in [2.75, 3.05) is 11.1 Å². The molecule has 3 rings (SSSR count). The zero-order valence-corrected chi connectivity index (χ0v) is 10.5. The number of nitrogens with two attached hydrogens (primary N) is 1. The molecule has 0 aliphatic heterocycles. The number of nitrogen functional groups attached to an aromatic ring is 1. The van der Waals surface area contributed by atoms with E-state index in [2.05, 4.69) is 10.4 Å². The second kappa shape index (κ2) is 4.76. The zero-order chi connectivity index (χ0) is 13.2. The molecule has 0 spiro atoms. The van der Waals surface area contributed by atoms with Crippen LogP contribution in [0.4, 0.5) is 11.5 Å². The predicted octanol–water partition coefficient (Wildman–Crippen LogP) is 2.19. The van der Waals surface area contributed by atoms with E-state index in [1.54, 1.807) is 16.9 Å². The summed E-state index contributed by atoms with van der Waals surface area (Å²) in [5, 5.41) is 7.17. The van der Waals surface area contributed by atoms with Gasteiger partial charge < -0.3 is 11.1 Å². The van der Waals surface area contributed by atoms with Crippen molar-refractivity contribution in [3.63, 3.8) is 0 Å². The van der Waals surface area contributed by atoms with Gasteiger partial charge in [0.05, 0.1) is 11.9 Å². The molecule has 1 fully saturated rings. The molecule has 1 aliphatic carbocycles. The van der Waals surface area contributed by atoms with Crippen LogP contribution in [0.2, 0.25) is 0 Å². The number of amides is 1. The first-order valence-electron chi connectivity index (χ1n) is 6.45. The molecule has 2 aromatic rings. The van der Waals surface area contributed by atoms with Crippen LogP contribution in [0, 0.1) is 5.92 Å². The smallest absolute Gasteiger partial charge is 0.228 e. The van der Waals surface area contributed by atoms with Crippen LogP contribution in [0.5, 0.6) is 0 Å². The molecule has 19 heavy (non-hydrogen) atoms. The van der Waals surface area contributed by atoms with Gasteiger partial charge >= 0.3 is 0 Å². The standard InChI is InChI=1S/C14H16N4O/c15-11-4-6-12(7-5-11)18-13(8-9-16-18)17-14(19)10-2-1-3-10/h4-10H,1-3,15H2,(H,17,19). The maximum atomic E-state index is 12.0. The van der Waals surface area contributed by atoms with E-state index in [-0.39, 0.29) is 11.8 Å². The molecule has 0 radical (unpaired) electrons. The Morgan fingerprint density at radius 1 is 1.26 bits per heavy atom. The molecule has 5 nitrogen and oxygen atoms in total. The van der Waals surface area contributed by atoms with E-state index in [0.717, 1.165) is 24.9 Å². The van der Waals surface area contributed by atoms with E-state index in [1.165, 1.54) is 0 Å². The highest BCUT2D eigenvalue weighted by molar-refractivity contribution is 5.92. The summed E-state index contributed by atoms with van der Waals surface area (Å²) in [6.45, 7) is 0. The number of hydrogen-bond donors (Lipinski definition) is 2. The summed E-state index contributed by atoms with van der Waals surface area (Å²) in [6, 6.07) is 9.18. The maximum absolute atomic E-state index is 12.0. The van der Waals surface area contributed by atoms with E-state index >= 15 is 0 Å². The Balaban J connectivity index is 1.81. The van der Waals surface area contributed by atoms with E-state index in [0.29, 0.717) is 11.5 Å². The lowest BCUT2D eigenvalue weighted by atomic mass is 9.85. The SMILES string of the molecule is Nc1ccc(-n2nccc2NC(=O)C2CCC2)cc1. The number of rotatable bonds is 3. The number of nitrogens with zero attached hydrogens (tertiary/aromatic N) is 2. The van der Waals surface area contributed by atoms with Crippen molar-refractivity contribution in [1.29, 1.82) is 0 Å². The Labute approximate surface area is 111 Å². The number of carbonyl (C=O) groups excluding carboxylic acids is 1. The fraction of sp³-hybridized carbons (Fsp3) is 0.286. The van der Waals surface area contributed by atoms with Gasteiger partial charge in [0.1, 0.15) is 5.82 Å². The van der Waals surface area contributed by atoms with Crippen molar-refractivity contribution in [3.8, 4) is 5.69 Å². The molecule has 1 aromatic heterocycles. The molecule has 1 saturated carbocycles. The van der Waals surface area contributed by atoms with Crippen LogP contribution in [0.3, 0.4) is 0 Å². The largest absolute Gasteiger partial charge is 0.399 e. The highest BCUT2D eigenvalue weighted by Crippen LogP contribution is 2.28. The van der Waals surface area contributed by atoms with Crippen LogP contribution < -0.4 is 11.1 Å². The van der Waals surface area contributed by atoms with Gasteiger partial charge in [0.25, 0.3) is 0 Å². The van der Waals surface area contributed by atoms with Crippen LogP contribution in [-0.2, 0) is 4.79 Å². The maximum Gasteiger partial charge on any atom is 0.228 e. The van der Waals surface area contributed by atoms with E-state index in [4.69, 9.17) is 5.73 Å². The summed E-state index contributed by atoms with van der Waals surface area (Å²) in [5.41, 5.74) is 7.25. The van der Waals surface area contributed by atoms with Gasteiger partial charge in [-0.3, -0.25) is 4.79 Å². The van der Waals surface area contributed by atoms with Gasteiger partial charge in [-0.25, -0.2) is 4.68 Å². The predicted molar refractivity (Wildman–Crippen MR) is 73.9 cm³/mol. The molecule has 1 heterocycles. The highest BCUT2D eigenvalue weighted by atomic mass is 16.2. The molecular weight excluding hydrogens is 240 g/mol. The normalized spacial score (nSPS) is 14.9. The van der Waals surface area contributed by atoms with E-state index in [1.807, 2.05) is 24.3 Å². The van der Waals surface area contributed by atoms with Gasteiger partial charge in [0, 0.05) is 17.7 Å². The average Bonchev–Trinajstić information content (AvgIpc) is 2.76. The fourth-order valence-corrected chi connectivity index (χ4v) is 2.12. The number of anilines is 2. The molecule has 0 unspecified atom stereocenters. The van der Waals surface area contributed by atoms with Crippen LogP contribution in [0.15, 0.2) is 36.5 Å². The van der Waals surface area contributed by atoms with E-state index in [9.17, 15) is 4.79 Å². The minimum atomic E-state index is 0.0865. The molecule has 5 heteroatoms. The third-order valence-electron chi connectivity index (χ3n) is 3.51. The van der Waals surface area contributed by atoms with Crippen molar-refractivity contribution in [1.82, 2.24) is 9.78 Å². The minimum absolute atomic E-state index is 0.0865. The summed E-state index contributed by atoms with van der Waals surface area (Å²) in [4.78, 5) is 12.0. The molecule has 0 saturated heterocycles. The topological polar surface area (TPSA) is 72.9 Å². The summed E-state index contributed by atoms with van der Waals surface area (Å²) in [6.07, 6.45) is 4.80. The zero-order valence-electron chi connectivity index (χ0n) is 10.5. The molecule has 1 aliphatic rings. The molecule has 98 valence electrons. The van der Waals surface area contributed by atoms with Gasteiger partial charge in [0.2, 0.25) is 5.91 Å². The molecular formula is C14H16N4O. The number of hydrogen-bond acceptors (Lipinski definition) is 3. The molecule has 0 bridgehead atoms. The second-order valence-corrected chi connectivity index (χ2v) is 4.84. The van der Waals surface area contributed by atoms with Gasteiger partial charge in [-0.05, 0) is 37.1 Å². The van der Waals surface area contributed by atoms with Gasteiger partial charge in [-0.1, -0.05) is 6.42 Å². The quantitative estimate of drug-likeness (QED) is 0.827. The van der Waals surface area contributed by atoms with Gasteiger partial charge in [0.15, 0.2) is 0 Å². The highest BCUT2D eigenvalue weighted by Gasteiger charge is 2.25. The van der Waals surface area contributed by atoms with Crippen molar-refractivity contribution < 1.29 is 4.79 Å². The summed E-state index contributed by atoms with van der Waals surface area (Å²) in [7, 11) is 0. The Morgan fingerprint density at radius 2 is 2.00 bits per heavy atom. The average molecular weight is 256 g/mol. The Morgan fingerprint density at radius 3 is 2.63 bits per heavy atom. The fourth-order valence-electron chi connectivity index (χ4n) is 2.12. The van der Waals surface area contributed by atoms with Crippen LogP contribution in [0.1, 0.15) is 19.3 Å². The summed E-state index contributed by atoms with van der Waals surface area (Å²) in [5.74, 6) is 0.944. The molecule has 1 aromatic carbocycles. The molecule has 1 amide bonds. The van der Waals surface area contributed by atoms with Gasteiger partial charge in [-0.15, -0.1) is 0 Å². The van der Waals surface area contributed by atoms with Crippen LogP contribution >= 0.6 is 0 Å². The van der Waals surface area contributed by atoms with Crippen molar-refractivity contribution in [2.45, 2.75) is 19.3 Å². The molecule has 0 atom stereocenters. The van der Waals surface area contributed by atoms with E-state index < -0.39 is 0 Å². The minimum Gasteiger partial charge on any atom is -0.399 e. The first kappa shape index (κ1) is 11.8. The number of carbonyl (C=O) groups is 1. The summed E-state index contributed by atoms with van der Waals surface area (Å²) >= 11 is 0. The van der Waals surface area contributed by atoms with Crippen LogP contribution in [-0.4, -0.2) is 15.7 Å². The van der Waals surface area contributed by atoms with Crippen LogP contribution in [0.25, 0.3) is 5.69 Å². The Bertz CT molecular complexity index is 584. The van der Waals surface area contributed by atoms with Crippen molar-refractivity contribution in [3.05, 3.63) is 36.5 Å². The van der Waals surface area contributed by atoms with Gasteiger partial charge in [-0.2, -0.15) is 5.10 Å². The monoisotopic (exact) mass is 256 g/mol. The van der Waals surface area contributed by atoms with Crippen molar-refractivity contribution >= 4 is 17.4 Å². The molecule has 3 N–H and O–H groups in total. The Kier molecular flexibility index (Phi) is 2.95. The lowest BCUT2D eigenvalue weighted by molar-refractivity contribution is -0.122. The third-order valence-corrected chi connectivity index (χ3v) is 3.51. The number of benzene rings is 1. The second-order valence-electron chi connectivity index (χ2n) is 4.84. The van der Waals surface area contributed by atoms with Crippen molar-refractivity contribution in [2.24, 2.45) is 5.92 Å². The third kappa shape index (κ3) is 2.31. The lowest BCUT2D eigenvalue weighted by Gasteiger charge is -2.24. The number of aromatic nitrogens is 2. The first-order valence-corrected chi connectivity index (χ1v) is 6.45. The lowest BCUT2D eigenvalue weighted by Crippen LogP contribution is -2.28.